The summed E-state index contributed by atoms with van der Waals surface area (Å²) in [5.74, 6) is -0.757. The van der Waals surface area contributed by atoms with Crippen LogP contribution in [0.15, 0.2) is 47.9 Å². The van der Waals surface area contributed by atoms with E-state index in [2.05, 4.69) is 6.58 Å². The molecule has 0 atom stereocenters. The van der Waals surface area contributed by atoms with E-state index < -0.39 is 20.8 Å². The van der Waals surface area contributed by atoms with Gasteiger partial charge in [-0.25, -0.2) is 4.39 Å². The number of allylic oxidation sites excluding steroid dienone is 1. The predicted octanol–water partition coefficient (Wildman–Crippen LogP) is 3.35. The number of hydrogen-bond donors (Lipinski definition) is 0. The maximum Gasteiger partial charge on any atom is 0.342 e. The number of rotatable bonds is 8. The summed E-state index contributed by atoms with van der Waals surface area (Å²) in [6.07, 6.45) is 2.28. The quantitative estimate of drug-likeness (QED) is 0.515. The smallest absolute Gasteiger partial charge is 0.342 e. The largest absolute Gasteiger partial charge is 0.493 e. The van der Waals surface area contributed by atoms with Crippen LogP contribution in [-0.2, 0) is 16.5 Å². The summed E-state index contributed by atoms with van der Waals surface area (Å²) in [6, 6.07) is 6.65. The normalized spacial score (nSPS) is 10.9. The highest BCUT2D eigenvalue weighted by Crippen LogP contribution is 2.35. The molecule has 6 nitrogen and oxygen atoms in total. The van der Waals surface area contributed by atoms with Gasteiger partial charge in [0, 0.05) is 12.1 Å². The van der Waals surface area contributed by atoms with Gasteiger partial charge in [0.25, 0.3) is 0 Å². The van der Waals surface area contributed by atoms with Gasteiger partial charge in [-0.2, -0.15) is 8.42 Å². The molecule has 0 aliphatic carbocycles. The van der Waals surface area contributed by atoms with Crippen LogP contribution in [0.25, 0.3) is 0 Å². The van der Waals surface area contributed by atoms with Gasteiger partial charge in [0.1, 0.15) is 10.7 Å². The number of hydrogen-bond acceptors (Lipinski definition) is 6. The van der Waals surface area contributed by atoms with Crippen molar-refractivity contribution in [2.45, 2.75) is 11.3 Å². The Hall–Kier alpha value is -2.74. The molecule has 0 aliphatic rings. The Morgan fingerprint density at radius 3 is 2.12 bits per heavy atom. The van der Waals surface area contributed by atoms with Crippen LogP contribution in [0.2, 0.25) is 0 Å². The first kappa shape index (κ1) is 19.6. The maximum absolute atomic E-state index is 14.3. The third kappa shape index (κ3) is 4.08. The Morgan fingerprint density at radius 2 is 1.54 bits per heavy atom. The molecule has 0 saturated carbocycles. The van der Waals surface area contributed by atoms with Gasteiger partial charge in [-0.3, -0.25) is 0 Å². The summed E-state index contributed by atoms with van der Waals surface area (Å²) in [5, 5.41) is 0. The maximum atomic E-state index is 14.3. The third-order valence-corrected chi connectivity index (χ3v) is 4.77. The molecule has 0 N–H and O–H groups in total. The molecule has 0 saturated heterocycles. The molecule has 0 spiro atoms. The van der Waals surface area contributed by atoms with Crippen molar-refractivity contribution >= 4 is 10.1 Å². The van der Waals surface area contributed by atoms with E-state index in [1.54, 1.807) is 18.2 Å². The van der Waals surface area contributed by atoms with Crippen molar-refractivity contribution in [2.75, 3.05) is 21.3 Å². The van der Waals surface area contributed by atoms with Crippen molar-refractivity contribution in [2.24, 2.45) is 0 Å². The lowest BCUT2D eigenvalue weighted by atomic mass is 10.1. The molecule has 0 radical (unpaired) electrons. The van der Waals surface area contributed by atoms with Gasteiger partial charge in [-0.05, 0) is 24.1 Å². The third-order valence-electron chi connectivity index (χ3n) is 3.51. The number of halogens is 1. The highest BCUT2D eigenvalue weighted by Gasteiger charge is 2.26. The molecule has 26 heavy (non-hydrogen) atoms. The van der Waals surface area contributed by atoms with Crippen LogP contribution in [0.1, 0.15) is 5.56 Å². The van der Waals surface area contributed by atoms with E-state index in [-0.39, 0.29) is 23.0 Å². The van der Waals surface area contributed by atoms with E-state index in [0.717, 1.165) is 17.7 Å². The van der Waals surface area contributed by atoms with Crippen molar-refractivity contribution in [3.63, 3.8) is 0 Å². The Bertz CT molecular complexity index is 908. The average molecular weight is 382 g/mol. The zero-order chi connectivity index (χ0) is 19.3. The van der Waals surface area contributed by atoms with Crippen LogP contribution in [0.5, 0.6) is 23.0 Å². The Morgan fingerprint density at radius 1 is 0.962 bits per heavy atom. The second-order valence-electron chi connectivity index (χ2n) is 5.15. The van der Waals surface area contributed by atoms with Crippen molar-refractivity contribution in [3.05, 3.63) is 54.4 Å². The summed E-state index contributed by atoms with van der Waals surface area (Å²) in [4.78, 5) is -0.674. The molecule has 2 aromatic carbocycles. The molecule has 0 heterocycles. The topological polar surface area (TPSA) is 71.1 Å². The summed E-state index contributed by atoms with van der Waals surface area (Å²) in [5.41, 5.74) is 0.860. The number of ether oxygens (including phenoxy) is 3. The summed E-state index contributed by atoms with van der Waals surface area (Å²) in [7, 11) is -0.461. The van der Waals surface area contributed by atoms with E-state index in [4.69, 9.17) is 18.4 Å². The Kier molecular flexibility index (Phi) is 6.10. The fraction of sp³-hybridized carbons (Fsp3) is 0.222. The van der Waals surface area contributed by atoms with E-state index in [0.29, 0.717) is 6.42 Å². The zero-order valence-electron chi connectivity index (χ0n) is 14.6. The van der Waals surface area contributed by atoms with Gasteiger partial charge >= 0.3 is 10.1 Å². The minimum absolute atomic E-state index is 0.0596. The van der Waals surface area contributed by atoms with E-state index in [9.17, 15) is 12.8 Å². The monoisotopic (exact) mass is 382 g/mol. The molecule has 0 aliphatic heterocycles. The van der Waals surface area contributed by atoms with Crippen molar-refractivity contribution in [1.82, 2.24) is 0 Å². The SMILES string of the molecule is C=CCc1ccc(OS(=O)(=O)c2cc(OC)c(OC)cc2F)c(OC)c1. The van der Waals surface area contributed by atoms with Crippen LogP contribution in [0.4, 0.5) is 4.39 Å². The number of benzene rings is 2. The van der Waals surface area contributed by atoms with Gasteiger partial charge in [0.2, 0.25) is 0 Å². The van der Waals surface area contributed by atoms with Gasteiger partial charge in [-0.1, -0.05) is 12.1 Å². The van der Waals surface area contributed by atoms with Crippen molar-refractivity contribution in [1.29, 1.82) is 0 Å². The fourth-order valence-electron chi connectivity index (χ4n) is 2.26. The molecule has 0 unspecified atom stereocenters. The second kappa shape index (κ2) is 8.09. The lowest BCUT2D eigenvalue weighted by Crippen LogP contribution is -2.13. The molecular weight excluding hydrogens is 363 g/mol. The first-order chi connectivity index (χ1) is 12.4. The van der Waals surface area contributed by atoms with Crippen LogP contribution in [0.3, 0.4) is 0 Å². The van der Waals surface area contributed by atoms with Crippen LogP contribution in [0, 0.1) is 5.82 Å². The van der Waals surface area contributed by atoms with E-state index in [1.807, 2.05) is 0 Å². The van der Waals surface area contributed by atoms with Gasteiger partial charge in [0.05, 0.1) is 21.3 Å². The Balaban J connectivity index is 2.45. The summed E-state index contributed by atoms with van der Waals surface area (Å²) < 4.78 is 59.6. The summed E-state index contributed by atoms with van der Waals surface area (Å²) in [6.45, 7) is 3.64. The molecule has 0 bridgehead atoms. The molecule has 140 valence electrons. The predicted molar refractivity (Wildman–Crippen MR) is 94.2 cm³/mol. The lowest BCUT2D eigenvalue weighted by Gasteiger charge is -2.14. The standard InChI is InChI=1S/C18H19FO6S/c1-5-6-12-7-8-14(15(9-12)22-2)25-26(20,21)18-11-17(24-4)16(23-3)10-13(18)19/h5,7-11H,1,6H2,2-4H3. The van der Waals surface area contributed by atoms with Gasteiger partial charge in [-0.15, -0.1) is 6.58 Å². The minimum atomic E-state index is -4.47. The first-order valence-corrected chi connectivity index (χ1v) is 8.91. The molecule has 2 rings (SSSR count). The highest BCUT2D eigenvalue weighted by atomic mass is 32.2. The molecular formula is C18H19FO6S. The molecule has 0 aromatic heterocycles. The van der Waals surface area contributed by atoms with Crippen molar-refractivity contribution < 1.29 is 31.2 Å². The molecule has 0 fully saturated rings. The van der Waals surface area contributed by atoms with Gasteiger partial charge < -0.3 is 18.4 Å². The van der Waals surface area contributed by atoms with Crippen LogP contribution < -0.4 is 18.4 Å². The highest BCUT2D eigenvalue weighted by molar-refractivity contribution is 7.87. The fourth-order valence-corrected chi connectivity index (χ4v) is 3.28. The van der Waals surface area contributed by atoms with Crippen molar-refractivity contribution in [3.8, 4) is 23.0 Å². The number of methoxy groups -OCH3 is 3. The molecule has 0 amide bonds. The molecule has 2 aromatic rings. The van der Waals surface area contributed by atoms with E-state index >= 15 is 0 Å². The average Bonchev–Trinajstić information content (AvgIpc) is 2.62. The second-order valence-corrected chi connectivity index (χ2v) is 6.67. The zero-order valence-corrected chi connectivity index (χ0v) is 15.4. The van der Waals surface area contributed by atoms with Crippen LogP contribution in [-0.4, -0.2) is 29.7 Å². The lowest BCUT2D eigenvalue weighted by molar-refractivity contribution is 0.349. The first-order valence-electron chi connectivity index (χ1n) is 7.50. The Labute approximate surface area is 151 Å². The van der Waals surface area contributed by atoms with Crippen LogP contribution >= 0.6 is 0 Å². The van der Waals surface area contributed by atoms with E-state index in [1.165, 1.54) is 27.4 Å². The minimum Gasteiger partial charge on any atom is -0.493 e. The molecule has 8 heteroatoms. The van der Waals surface area contributed by atoms with Gasteiger partial charge in [0.15, 0.2) is 23.0 Å². The summed E-state index contributed by atoms with van der Waals surface area (Å²) >= 11 is 0.